The molecule has 0 unspecified atom stereocenters. The number of carbonyl (C=O) groups is 1. The first-order chi connectivity index (χ1) is 6.61. The Morgan fingerprint density at radius 2 is 2.07 bits per heavy atom. The van der Waals surface area contributed by atoms with E-state index >= 15 is 0 Å². The summed E-state index contributed by atoms with van der Waals surface area (Å²) in [5.41, 5.74) is 3.13. The van der Waals surface area contributed by atoms with Crippen molar-refractivity contribution in [3.8, 4) is 0 Å². The van der Waals surface area contributed by atoms with E-state index in [1.807, 2.05) is 29.8 Å². The molecule has 0 atom stereocenters. The number of fused-ring (bicyclic) bond motifs is 1. The van der Waals surface area contributed by atoms with Gasteiger partial charge in [-0.05, 0) is 18.6 Å². The van der Waals surface area contributed by atoms with E-state index in [1.54, 1.807) is 6.92 Å². The lowest BCUT2D eigenvalue weighted by atomic mass is 10.2. The SMILES string of the molecule is CC(=O)c1cc2cccc(C)c2n1C. The number of hydrogen-bond donors (Lipinski definition) is 0. The van der Waals surface area contributed by atoms with Crippen molar-refractivity contribution < 1.29 is 4.79 Å². The number of aromatic nitrogens is 1. The molecule has 0 aliphatic carbocycles. The highest BCUT2D eigenvalue weighted by Crippen LogP contribution is 2.22. The van der Waals surface area contributed by atoms with Crippen LogP contribution in [0.4, 0.5) is 0 Å². The molecule has 0 amide bonds. The van der Waals surface area contributed by atoms with E-state index in [-0.39, 0.29) is 5.78 Å². The number of benzene rings is 1. The average molecular weight is 187 g/mol. The third kappa shape index (κ3) is 1.15. The summed E-state index contributed by atoms with van der Waals surface area (Å²) in [5.74, 6) is 0.114. The van der Waals surface area contributed by atoms with Crippen molar-refractivity contribution in [2.45, 2.75) is 13.8 Å². The molecular weight excluding hydrogens is 174 g/mol. The Morgan fingerprint density at radius 1 is 1.36 bits per heavy atom. The monoisotopic (exact) mass is 187 g/mol. The molecule has 0 aliphatic rings. The van der Waals surface area contributed by atoms with Crippen molar-refractivity contribution in [3.63, 3.8) is 0 Å². The van der Waals surface area contributed by atoms with Crippen molar-refractivity contribution in [2.24, 2.45) is 7.05 Å². The summed E-state index contributed by atoms with van der Waals surface area (Å²) < 4.78 is 1.97. The molecule has 0 radical (unpaired) electrons. The summed E-state index contributed by atoms with van der Waals surface area (Å²) >= 11 is 0. The van der Waals surface area contributed by atoms with Crippen LogP contribution < -0.4 is 0 Å². The fraction of sp³-hybridized carbons (Fsp3) is 0.250. The molecule has 0 spiro atoms. The smallest absolute Gasteiger partial charge is 0.176 e. The van der Waals surface area contributed by atoms with Crippen LogP contribution in [0.2, 0.25) is 0 Å². The predicted molar refractivity (Wildman–Crippen MR) is 57.7 cm³/mol. The summed E-state index contributed by atoms with van der Waals surface area (Å²) in [5, 5.41) is 1.14. The fourth-order valence-corrected chi connectivity index (χ4v) is 1.96. The number of rotatable bonds is 1. The van der Waals surface area contributed by atoms with E-state index < -0.39 is 0 Å². The van der Waals surface area contributed by atoms with Crippen LogP contribution in [0.1, 0.15) is 23.0 Å². The Bertz CT molecular complexity index is 508. The first-order valence-electron chi connectivity index (χ1n) is 4.67. The van der Waals surface area contributed by atoms with Gasteiger partial charge in [-0.2, -0.15) is 0 Å². The predicted octanol–water partition coefficient (Wildman–Crippen LogP) is 2.69. The second-order valence-electron chi connectivity index (χ2n) is 3.66. The molecule has 14 heavy (non-hydrogen) atoms. The lowest BCUT2D eigenvalue weighted by Gasteiger charge is -2.02. The zero-order chi connectivity index (χ0) is 10.3. The molecule has 2 heteroatoms. The van der Waals surface area contributed by atoms with Crippen LogP contribution in [0.15, 0.2) is 24.3 Å². The second-order valence-corrected chi connectivity index (χ2v) is 3.66. The average Bonchev–Trinajstić information content (AvgIpc) is 2.45. The number of para-hydroxylation sites is 1. The third-order valence-corrected chi connectivity index (χ3v) is 2.62. The summed E-state index contributed by atoms with van der Waals surface area (Å²) in [4.78, 5) is 11.3. The quantitative estimate of drug-likeness (QED) is 0.629. The van der Waals surface area contributed by atoms with Crippen LogP contribution in [0, 0.1) is 6.92 Å². The highest BCUT2D eigenvalue weighted by molar-refractivity contribution is 5.99. The minimum Gasteiger partial charge on any atom is -0.341 e. The number of hydrogen-bond acceptors (Lipinski definition) is 1. The summed E-state index contributed by atoms with van der Waals surface area (Å²) in [6.45, 7) is 3.66. The molecule has 72 valence electrons. The minimum absolute atomic E-state index is 0.114. The van der Waals surface area contributed by atoms with Crippen LogP contribution in [-0.2, 0) is 7.05 Å². The standard InChI is InChI=1S/C12H13NO/c1-8-5-4-6-10-7-11(9(2)14)13(3)12(8)10/h4-7H,1-3H3. The Hall–Kier alpha value is -1.57. The van der Waals surface area contributed by atoms with Gasteiger partial charge in [-0.1, -0.05) is 18.2 Å². The zero-order valence-electron chi connectivity index (χ0n) is 8.66. The highest BCUT2D eigenvalue weighted by Gasteiger charge is 2.09. The van der Waals surface area contributed by atoms with Crippen molar-refractivity contribution in [3.05, 3.63) is 35.5 Å². The van der Waals surface area contributed by atoms with Crippen molar-refractivity contribution in [2.75, 3.05) is 0 Å². The first kappa shape index (κ1) is 9.00. The van der Waals surface area contributed by atoms with Gasteiger partial charge in [0.05, 0.1) is 11.2 Å². The summed E-state index contributed by atoms with van der Waals surface area (Å²) in [7, 11) is 1.94. The van der Waals surface area contributed by atoms with Gasteiger partial charge in [-0.25, -0.2) is 0 Å². The zero-order valence-corrected chi connectivity index (χ0v) is 8.66. The van der Waals surface area contributed by atoms with Crippen LogP contribution in [0.3, 0.4) is 0 Å². The van der Waals surface area contributed by atoms with E-state index in [2.05, 4.69) is 13.0 Å². The lowest BCUT2D eigenvalue weighted by molar-refractivity contribution is 0.101. The summed E-state index contributed by atoms with van der Waals surface area (Å²) in [6, 6.07) is 8.06. The Balaban J connectivity index is 2.87. The highest BCUT2D eigenvalue weighted by atomic mass is 16.1. The van der Waals surface area contributed by atoms with Gasteiger partial charge >= 0.3 is 0 Å². The number of ketones is 1. The molecule has 0 bridgehead atoms. The molecular formula is C12H13NO. The molecule has 0 fully saturated rings. The molecule has 2 nitrogen and oxygen atoms in total. The maximum Gasteiger partial charge on any atom is 0.176 e. The largest absolute Gasteiger partial charge is 0.341 e. The Labute approximate surface area is 83.2 Å². The van der Waals surface area contributed by atoms with Gasteiger partial charge in [0.15, 0.2) is 5.78 Å². The van der Waals surface area contributed by atoms with Gasteiger partial charge in [0, 0.05) is 19.4 Å². The van der Waals surface area contributed by atoms with Gasteiger partial charge in [0.25, 0.3) is 0 Å². The van der Waals surface area contributed by atoms with Crippen molar-refractivity contribution in [1.29, 1.82) is 0 Å². The number of aryl methyl sites for hydroxylation is 2. The molecule has 0 saturated heterocycles. The molecule has 2 aromatic rings. The van der Waals surface area contributed by atoms with Crippen molar-refractivity contribution in [1.82, 2.24) is 4.57 Å². The topological polar surface area (TPSA) is 22.0 Å². The minimum atomic E-state index is 0.114. The molecule has 1 aromatic heterocycles. The van der Waals surface area contributed by atoms with E-state index in [0.717, 1.165) is 16.6 Å². The molecule has 0 saturated carbocycles. The maximum atomic E-state index is 11.3. The molecule has 0 N–H and O–H groups in total. The van der Waals surface area contributed by atoms with Gasteiger partial charge in [-0.15, -0.1) is 0 Å². The van der Waals surface area contributed by atoms with E-state index in [0.29, 0.717) is 0 Å². The molecule has 0 aliphatic heterocycles. The van der Waals surface area contributed by atoms with E-state index in [4.69, 9.17) is 0 Å². The van der Waals surface area contributed by atoms with Gasteiger partial charge in [0.1, 0.15) is 0 Å². The van der Waals surface area contributed by atoms with Crippen molar-refractivity contribution >= 4 is 16.7 Å². The number of Topliss-reactive ketones (excluding diaryl/α,β-unsaturated/α-hetero) is 1. The van der Waals surface area contributed by atoms with Crippen LogP contribution in [-0.4, -0.2) is 10.4 Å². The third-order valence-electron chi connectivity index (χ3n) is 2.62. The Kier molecular flexibility index (Phi) is 1.92. The number of carbonyl (C=O) groups excluding carboxylic acids is 1. The van der Waals surface area contributed by atoms with Crippen LogP contribution >= 0.6 is 0 Å². The van der Waals surface area contributed by atoms with E-state index in [1.165, 1.54) is 5.56 Å². The Morgan fingerprint density at radius 3 is 2.64 bits per heavy atom. The maximum absolute atomic E-state index is 11.3. The fourth-order valence-electron chi connectivity index (χ4n) is 1.96. The first-order valence-corrected chi connectivity index (χ1v) is 4.67. The normalized spacial score (nSPS) is 10.8. The lowest BCUT2D eigenvalue weighted by Crippen LogP contribution is -2.01. The molecule has 1 aromatic carbocycles. The van der Waals surface area contributed by atoms with Crippen LogP contribution in [0.5, 0.6) is 0 Å². The second kappa shape index (κ2) is 2.98. The van der Waals surface area contributed by atoms with Crippen LogP contribution in [0.25, 0.3) is 10.9 Å². The molecule has 2 rings (SSSR count). The molecule has 1 heterocycles. The summed E-state index contributed by atoms with van der Waals surface area (Å²) in [6.07, 6.45) is 0. The number of nitrogens with zero attached hydrogens (tertiary/aromatic N) is 1. The van der Waals surface area contributed by atoms with Gasteiger partial charge in [0.2, 0.25) is 0 Å². The van der Waals surface area contributed by atoms with E-state index in [9.17, 15) is 4.79 Å². The van der Waals surface area contributed by atoms with Gasteiger partial charge < -0.3 is 4.57 Å². The van der Waals surface area contributed by atoms with Gasteiger partial charge in [-0.3, -0.25) is 4.79 Å².